The third kappa shape index (κ3) is 2.60. The Morgan fingerprint density at radius 1 is 1.35 bits per heavy atom. The van der Waals surface area contributed by atoms with Crippen LogP contribution >= 0.6 is 11.3 Å². The van der Waals surface area contributed by atoms with Gasteiger partial charge in [-0.05, 0) is 37.7 Å². The Morgan fingerprint density at radius 3 is 3.00 bits per heavy atom. The molecule has 4 heteroatoms. The van der Waals surface area contributed by atoms with Gasteiger partial charge in [-0.25, -0.2) is 0 Å². The number of carbonyl (C=O) groups is 1. The molecule has 0 N–H and O–H groups in total. The minimum absolute atomic E-state index is 0.182. The molecule has 0 aromatic carbocycles. The first kappa shape index (κ1) is 13.6. The summed E-state index contributed by atoms with van der Waals surface area (Å²) in [7, 11) is 0. The molecule has 2 aliphatic rings. The molecule has 0 radical (unpaired) electrons. The topological polar surface area (TPSA) is 44.1 Å². The number of thiophene rings is 1. The van der Waals surface area contributed by atoms with E-state index in [0.29, 0.717) is 12.5 Å². The number of nitriles is 1. The van der Waals surface area contributed by atoms with Crippen molar-refractivity contribution < 1.29 is 4.79 Å². The standard InChI is InChI=1S/C16H20N2OS/c17-8-7-14-10-13(11-20-14)16(19)18-9-3-5-12-4-1-2-6-15(12)18/h10-12,15H,1-7,9H2/t12-,15-/m1/s1. The lowest BCUT2D eigenvalue weighted by Gasteiger charge is -2.44. The van der Waals surface area contributed by atoms with Crippen LogP contribution in [0.5, 0.6) is 0 Å². The van der Waals surface area contributed by atoms with Gasteiger partial charge in [0, 0.05) is 22.8 Å². The van der Waals surface area contributed by atoms with Crippen molar-refractivity contribution >= 4 is 17.2 Å². The average Bonchev–Trinajstić information content (AvgIpc) is 2.95. The quantitative estimate of drug-likeness (QED) is 0.834. The van der Waals surface area contributed by atoms with E-state index in [4.69, 9.17) is 5.26 Å². The Hall–Kier alpha value is -1.34. The third-order valence-corrected chi connectivity index (χ3v) is 5.59. The molecule has 0 unspecified atom stereocenters. The molecule has 1 saturated carbocycles. The molecule has 3 nitrogen and oxygen atoms in total. The van der Waals surface area contributed by atoms with E-state index >= 15 is 0 Å². The number of hydrogen-bond donors (Lipinski definition) is 0. The minimum Gasteiger partial charge on any atom is -0.335 e. The molecule has 0 bridgehead atoms. The van der Waals surface area contributed by atoms with E-state index in [1.807, 2.05) is 11.4 Å². The van der Waals surface area contributed by atoms with E-state index in [2.05, 4.69) is 11.0 Å². The highest BCUT2D eigenvalue weighted by molar-refractivity contribution is 7.10. The van der Waals surface area contributed by atoms with Crippen LogP contribution in [0.15, 0.2) is 11.4 Å². The maximum Gasteiger partial charge on any atom is 0.254 e. The Balaban J connectivity index is 1.76. The fourth-order valence-corrected chi connectivity index (χ4v) is 4.50. The largest absolute Gasteiger partial charge is 0.335 e. The van der Waals surface area contributed by atoms with Gasteiger partial charge >= 0.3 is 0 Å². The lowest BCUT2D eigenvalue weighted by Crippen LogP contribution is -2.49. The Morgan fingerprint density at radius 2 is 2.15 bits per heavy atom. The van der Waals surface area contributed by atoms with Gasteiger partial charge < -0.3 is 4.90 Å². The van der Waals surface area contributed by atoms with E-state index < -0.39 is 0 Å². The molecule has 2 heterocycles. The second kappa shape index (κ2) is 5.97. The van der Waals surface area contributed by atoms with Crippen LogP contribution in [0.3, 0.4) is 0 Å². The van der Waals surface area contributed by atoms with Gasteiger partial charge in [0.05, 0.1) is 18.1 Å². The SMILES string of the molecule is N#CCc1cc(C(=O)N2CCC[C@H]3CCCC[C@H]32)cs1. The minimum atomic E-state index is 0.182. The van der Waals surface area contributed by atoms with Gasteiger partial charge in [-0.1, -0.05) is 12.8 Å². The maximum atomic E-state index is 12.7. The van der Waals surface area contributed by atoms with Crippen LogP contribution in [0.4, 0.5) is 0 Å². The van der Waals surface area contributed by atoms with Gasteiger partial charge in [-0.3, -0.25) is 4.79 Å². The van der Waals surface area contributed by atoms with Crippen LogP contribution in [0.1, 0.15) is 53.8 Å². The van der Waals surface area contributed by atoms with Crippen LogP contribution in [-0.4, -0.2) is 23.4 Å². The molecule has 2 fully saturated rings. The zero-order valence-electron chi connectivity index (χ0n) is 11.7. The molecule has 2 atom stereocenters. The molecule has 3 rings (SSSR count). The number of carbonyl (C=O) groups excluding carboxylic acids is 1. The summed E-state index contributed by atoms with van der Waals surface area (Å²) >= 11 is 1.53. The molecule has 106 valence electrons. The maximum absolute atomic E-state index is 12.7. The molecular formula is C16H20N2OS. The van der Waals surface area contributed by atoms with Gasteiger partial charge in [0.25, 0.3) is 5.91 Å². The first-order valence-corrected chi connectivity index (χ1v) is 8.43. The lowest BCUT2D eigenvalue weighted by molar-refractivity contribution is 0.0391. The highest BCUT2D eigenvalue weighted by Gasteiger charge is 2.36. The van der Waals surface area contributed by atoms with E-state index in [0.717, 1.165) is 29.3 Å². The van der Waals surface area contributed by atoms with Crippen molar-refractivity contribution in [3.05, 3.63) is 21.9 Å². The molecule has 1 saturated heterocycles. The number of hydrogen-bond acceptors (Lipinski definition) is 3. The third-order valence-electron chi connectivity index (χ3n) is 4.66. The first-order chi connectivity index (χ1) is 9.79. The average molecular weight is 288 g/mol. The van der Waals surface area contributed by atoms with Gasteiger partial charge in [0.1, 0.15) is 0 Å². The zero-order chi connectivity index (χ0) is 13.9. The smallest absolute Gasteiger partial charge is 0.254 e. The number of rotatable bonds is 2. The monoisotopic (exact) mass is 288 g/mol. The van der Waals surface area contributed by atoms with Gasteiger partial charge in [0.2, 0.25) is 0 Å². The second-order valence-electron chi connectivity index (χ2n) is 5.89. The lowest BCUT2D eigenvalue weighted by atomic mass is 9.78. The fraction of sp³-hybridized carbons (Fsp3) is 0.625. The summed E-state index contributed by atoms with van der Waals surface area (Å²) in [6.07, 6.45) is 7.88. The van der Waals surface area contributed by atoms with Crippen molar-refractivity contribution in [2.24, 2.45) is 5.92 Å². The molecule has 1 aliphatic carbocycles. The molecule has 1 aliphatic heterocycles. The van der Waals surface area contributed by atoms with E-state index in [1.165, 1.54) is 43.4 Å². The highest BCUT2D eigenvalue weighted by Crippen LogP contribution is 2.36. The number of nitrogens with zero attached hydrogens (tertiary/aromatic N) is 2. The predicted molar refractivity (Wildman–Crippen MR) is 79.7 cm³/mol. The van der Waals surface area contributed by atoms with Crippen molar-refractivity contribution in [3.8, 4) is 6.07 Å². The highest BCUT2D eigenvalue weighted by atomic mass is 32.1. The van der Waals surface area contributed by atoms with Gasteiger partial charge in [-0.15, -0.1) is 11.3 Å². The zero-order valence-corrected chi connectivity index (χ0v) is 12.5. The molecule has 20 heavy (non-hydrogen) atoms. The van der Waals surface area contributed by atoms with Gasteiger partial charge in [-0.2, -0.15) is 5.26 Å². The summed E-state index contributed by atoms with van der Waals surface area (Å²) in [5.74, 6) is 0.903. The Kier molecular flexibility index (Phi) is 4.07. The number of amides is 1. The van der Waals surface area contributed by atoms with Gasteiger partial charge in [0.15, 0.2) is 0 Å². The summed E-state index contributed by atoms with van der Waals surface area (Å²) in [6, 6.07) is 4.51. The Bertz CT molecular complexity index is 529. The number of likely N-dealkylation sites (tertiary alicyclic amines) is 1. The Labute approximate surface area is 124 Å². The fourth-order valence-electron chi connectivity index (χ4n) is 3.71. The predicted octanol–water partition coefficient (Wildman–Crippen LogP) is 3.61. The molecule has 1 amide bonds. The molecular weight excluding hydrogens is 268 g/mol. The summed E-state index contributed by atoms with van der Waals surface area (Å²) in [5.41, 5.74) is 0.784. The van der Waals surface area contributed by atoms with Crippen molar-refractivity contribution in [2.75, 3.05) is 6.54 Å². The summed E-state index contributed by atoms with van der Waals surface area (Å²) in [5, 5.41) is 10.7. The van der Waals surface area contributed by atoms with E-state index in [9.17, 15) is 4.79 Å². The van der Waals surface area contributed by atoms with Crippen LogP contribution in [0.25, 0.3) is 0 Å². The van der Waals surface area contributed by atoms with Crippen molar-refractivity contribution in [3.63, 3.8) is 0 Å². The first-order valence-electron chi connectivity index (χ1n) is 7.55. The van der Waals surface area contributed by atoms with Crippen molar-refractivity contribution in [1.82, 2.24) is 4.90 Å². The summed E-state index contributed by atoms with van der Waals surface area (Å²) in [4.78, 5) is 15.8. The number of piperidine rings is 1. The van der Waals surface area contributed by atoms with Crippen LogP contribution in [-0.2, 0) is 6.42 Å². The summed E-state index contributed by atoms with van der Waals surface area (Å²) < 4.78 is 0. The molecule has 1 aromatic heterocycles. The normalized spacial score (nSPS) is 25.9. The van der Waals surface area contributed by atoms with E-state index in [-0.39, 0.29) is 5.91 Å². The summed E-state index contributed by atoms with van der Waals surface area (Å²) in [6.45, 7) is 0.906. The van der Waals surface area contributed by atoms with Crippen LogP contribution < -0.4 is 0 Å². The molecule has 1 aromatic rings. The number of fused-ring (bicyclic) bond motifs is 1. The van der Waals surface area contributed by atoms with Crippen LogP contribution in [0.2, 0.25) is 0 Å². The van der Waals surface area contributed by atoms with Crippen LogP contribution in [0, 0.1) is 17.2 Å². The molecule has 0 spiro atoms. The van der Waals surface area contributed by atoms with Crippen molar-refractivity contribution in [1.29, 1.82) is 5.26 Å². The van der Waals surface area contributed by atoms with Crippen molar-refractivity contribution in [2.45, 2.75) is 51.0 Å². The second-order valence-corrected chi connectivity index (χ2v) is 6.89. The van der Waals surface area contributed by atoms with E-state index in [1.54, 1.807) is 0 Å².